The molecule has 0 saturated carbocycles. The normalized spacial score (nSPS) is 14.1. The summed E-state index contributed by atoms with van der Waals surface area (Å²) in [5.41, 5.74) is 3.21. The first-order valence-corrected chi connectivity index (χ1v) is 8.02. The van der Waals surface area contributed by atoms with Crippen LogP contribution in [0.5, 0.6) is 0 Å². The Morgan fingerprint density at radius 2 is 1.35 bits per heavy atom. The predicted octanol–water partition coefficient (Wildman–Crippen LogP) is -0.630. The van der Waals surface area contributed by atoms with Gasteiger partial charge in [0, 0.05) is 12.8 Å². The molecule has 3 heteroatoms. The van der Waals surface area contributed by atoms with E-state index in [0.717, 1.165) is 29.8 Å². The lowest BCUT2D eigenvalue weighted by atomic mass is 9.96. The average molecular weight is 328 g/mol. The van der Waals surface area contributed by atoms with Crippen LogP contribution in [-0.2, 0) is 4.79 Å². The molecular formula is C20H22ClNO. The number of quaternary nitrogens is 1. The summed E-state index contributed by atoms with van der Waals surface area (Å²) in [5, 5.41) is 0. The van der Waals surface area contributed by atoms with Gasteiger partial charge in [-0.25, -0.2) is 0 Å². The minimum atomic E-state index is 0. The van der Waals surface area contributed by atoms with Crippen LogP contribution in [0.1, 0.15) is 24.0 Å². The fourth-order valence-electron chi connectivity index (χ4n) is 3.08. The van der Waals surface area contributed by atoms with Crippen molar-refractivity contribution in [1.82, 2.24) is 0 Å². The summed E-state index contributed by atoms with van der Waals surface area (Å²) in [6.45, 7) is 2.88. The summed E-state index contributed by atoms with van der Waals surface area (Å²) in [6, 6.07) is 20.3. The third kappa shape index (κ3) is 4.78. The molecule has 0 radical (unpaired) electrons. The molecule has 1 N–H and O–H groups in total. The molecule has 120 valence electrons. The van der Waals surface area contributed by atoms with Crippen LogP contribution in [0.3, 0.4) is 0 Å². The highest BCUT2D eigenvalue weighted by atomic mass is 35.5. The lowest BCUT2D eigenvalue weighted by Gasteiger charge is -2.11. The second-order valence-corrected chi connectivity index (χ2v) is 5.89. The summed E-state index contributed by atoms with van der Waals surface area (Å²) in [4.78, 5) is 13.9. The van der Waals surface area contributed by atoms with Crippen LogP contribution < -0.4 is 17.3 Å². The highest BCUT2D eigenvalue weighted by Crippen LogP contribution is 2.22. The van der Waals surface area contributed by atoms with Gasteiger partial charge in [-0.15, -0.1) is 0 Å². The molecule has 0 atom stereocenters. The van der Waals surface area contributed by atoms with E-state index in [1.807, 2.05) is 42.5 Å². The first kappa shape index (κ1) is 17.5. The molecule has 0 aromatic heterocycles. The van der Waals surface area contributed by atoms with Crippen LogP contribution in [0.15, 0.2) is 66.7 Å². The van der Waals surface area contributed by atoms with Crippen LogP contribution >= 0.6 is 0 Å². The van der Waals surface area contributed by atoms with Gasteiger partial charge in [0.05, 0.1) is 13.1 Å². The maximum atomic E-state index is 12.5. The predicted molar refractivity (Wildman–Crippen MR) is 89.8 cm³/mol. The number of ketones is 1. The first-order valence-electron chi connectivity index (χ1n) is 8.02. The Hall–Kier alpha value is -1.90. The fourth-order valence-corrected chi connectivity index (χ4v) is 3.08. The van der Waals surface area contributed by atoms with Gasteiger partial charge in [0.1, 0.15) is 6.54 Å². The van der Waals surface area contributed by atoms with Crippen LogP contribution in [0.2, 0.25) is 0 Å². The van der Waals surface area contributed by atoms with Gasteiger partial charge in [0.15, 0.2) is 0 Å². The summed E-state index contributed by atoms with van der Waals surface area (Å²) >= 11 is 0. The molecule has 0 amide bonds. The maximum absolute atomic E-state index is 12.5. The minimum Gasteiger partial charge on any atom is -1.00 e. The van der Waals surface area contributed by atoms with E-state index >= 15 is 0 Å². The number of halogens is 1. The van der Waals surface area contributed by atoms with Crippen LogP contribution in [-0.4, -0.2) is 25.4 Å². The zero-order valence-electron chi connectivity index (χ0n) is 13.2. The van der Waals surface area contributed by atoms with Crippen molar-refractivity contribution in [2.24, 2.45) is 0 Å². The number of hydrogen-bond acceptors (Lipinski definition) is 1. The molecule has 1 fully saturated rings. The van der Waals surface area contributed by atoms with Crippen molar-refractivity contribution in [2.45, 2.75) is 12.8 Å². The van der Waals surface area contributed by atoms with Crippen molar-refractivity contribution in [3.8, 4) is 0 Å². The number of benzene rings is 2. The molecule has 1 saturated heterocycles. The second-order valence-electron chi connectivity index (χ2n) is 5.89. The van der Waals surface area contributed by atoms with Gasteiger partial charge in [-0.05, 0) is 22.8 Å². The van der Waals surface area contributed by atoms with Gasteiger partial charge in [0.25, 0.3) is 0 Å². The molecule has 23 heavy (non-hydrogen) atoms. The molecule has 2 nitrogen and oxygen atoms in total. The zero-order chi connectivity index (χ0) is 15.2. The molecule has 0 spiro atoms. The Morgan fingerprint density at radius 1 is 0.870 bits per heavy atom. The lowest BCUT2D eigenvalue weighted by molar-refractivity contribution is -0.878. The minimum absolute atomic E-state index is 0. The first-order chi connectivity index (χ1) is 10.8. The van der Waals surface area contributed by atoms with E-state index in [0.29, 0.717) is 6.54 Å². The number of hydrogen-bond donors (Lipinski definition) is 1. The molecule has 1 aliphatic rings. The largest absolute Gasteiger partial charge is 1.00 e. The second kappa shape index (κ2) is 8.66. The van der Waals surface area contributed by atoms with Crippen molar-refractivity contribution >= 4 is 11.4 Å². The van der Waals surface area contributed by atoms with Crippen molar-refractivity contribution in [3.05, 3.63) is 77.9 Å². The molecule has 1 aliphatic heterocycles. The van der Waals surface area contributed by atoms with E-state index in [2.05, 4.69) is 24.3 Å². The third-order valence-electron chi connectivity index (χ3n) is 4.21. The van der Waals surface area contributed by atoms with Crippen LogP contribution in [0, 0.1) is 0 Å². The third-order valence-corrected chi connectivity index (χ3v) is 4.21. The molecular weight excluding hydrogens is 306 g/mol. The van der Waals surface area contributed by atoms with E-state index in [1.54, 1.807) is 0 Å². The standard InChI is InChI=1S/C20H21NO.ClH/c22-19(16-21-13-7-8-14-21)15-20(17-9-3-1-4-10-17)18-11-5-2-6-12-18;/h1-6,9-12,15H,7-8,13-14,16H2;1H. The molecule has 0 unspecified atom stereocenters. The fraction of sp³-hybridized carbons (Fsp3) is 0.250. The highest BCUT2D eigenvalue weighted by molar-refractivity contribution is 6.00. The van der Waals surface area contributed by atoms with Gasteiger partial charge in [-0.2, -0.15) is 0 Å². The Bertz CT molecular complexity index is 604. The monoisotopic (exact) mass is 327 g/mol. The number of likely N-dealkylation sites (tertiary alicyclic amines) is 1. The quantitative estimate of drug-likeness (QED) is 0.726. The van der Waals surface area contributed by atoms with E-state index < -0.39 is 0 Å². The van der Waals surface area contributed by atoms with Gasteiger partial charge in [-0.3, -0.25) is 4.79 Å². The van der Waals surface area contributed by atoms with Gasteiger partial charge in [-0.1, -0.05) is 60.7 Å². The molecule has 1 heterocycles. The molecule has 0 aliphatic carbocycles. The van der Waals surface area contributed by atoms with Crippen molar-refractivity contribution < 1.29 is 22.1 Å². The summed E-state index contributed by atoms with van der Waals surface area (Å²) in [7, 11) is 0. The van der Waals surface area contributed by atoms with Gasteiger partial charge in [0.2, 0.25) is 5.78 Å². The summed E-state index contributed by atoms with van der Waals surface area (Å²) < 4.78 is 0. The maximum Gasteiger partial charge on any atom is 0.210 e. The molecule has 2 aromatic carbocycles. The summed E-state index contributed by atoms with van der Waals surface area (Å²) in [5.74, 6) is 0.222. The van der Waals surface area contributed by atoms with Crippen LogP contribution in [0.4, 0.5) is 0 Å². The van der Waals surface area contributed by atoms with Gasteiger partial charge < -0.3 is 17.3 Å². The average Bonchev–Trinajstić information content (AvgIpc) is 3.07. The Balaban J connectivity index is 0.00000192. The van der Waals surface area contributed by atoms with E-state index in [9.17, 15) is 4.79 Å². The topological polar surface area (TPSA) is 21.5 Å². The van der Waals surface area contributed by atoms with E-state index in [1.165, 1.54) is 17.7 Å². The Morgan fingerprint density at radius 3 is 1.83 bits per heavy atom. The molecule has 2 aromatic rings. The smallest absolute Gasteiger partial charge is 0.210 e. The Kier molecular flexibility index (Phi) is 6.57. The number of carbonyl (C=O) groups excluding carboxylic acids is 1. The van der Waals surface area contributed by atoms with E-state index in [4.69, 9.17) is 0 Å². The van der Waals surface area contributed by atoms with E-state index in [-0.39, 0.29) is 18.2 Å². The van der Waals surface area contributed by atoms with Crippen molar-refractivity contribution in [2.75, 3.05) is 19.6 Å². The van der Waals surface area contributed by atoms with Crippen molar-refractivity contribution in [1.29, 1.82) is 0 Å². The van der Waals surface area contributed by atoms with Crippen LogP contribution in [0.25, 0.3) is 5.57 Å². The lowest BCUT2D eigenvalue weighted by Crippen LogP contribution is -3.10. The number of nitrogens with one attached hydrogen (secondary N) is 1. The molecule has 0 bridgehead atoms. The molecule has 3 rings (SSSR count). The Labute approximate surface area is 144 Å². The summed E-state index contributed by atoms with van der Waals surface area (Å²) in [6.07, 6.45) is 4.32. The highest BCUT2D eigenvalue weighted by Gasteiger charge is 2.18. The number of rotatable bonds is 5. The van der Waals surface area contributed by atoms with Crippen molar-refractivity contribution in [3.63, 3.8) is 0 Å². The SMILES string of the molecule is O=C(C=C(c1ccccc1)c1ccccc1)C[NH+]1CCCC1.[Cl-]. The zero-order valence-corrected chi connectivity index (χ0v) is 13.9. The number of carbonyl (C=O) groups is 1. The van der Waals surface area contributed by atoms with Gasteiger partial charge >= 0.3 is 0 Å².